The molecule has 0 saturated heterocycles. The quantitative estimate of drug-likeness (QED) is 0.883. The van der Waals surface area contributed by atoms with Crippen LogP contribution < -0.4 is 10.2 Å². The molecule has 0 heterocycles. The van der Waals surface area contributed by atoms with Gasteiger partial charge in [0.2, 0.25) is 0 Å². The number of hydrogen-bond donors (Lipinski definition) is 1. The van der Waals surface area contributed by atoms with Gasteiger partial charge in [-0.2, -0.15) is 0 Å². The van der Waals surface area contributed by atoms with E-state index in [-0.39, 0.29) is 11.2 Å². The lowest BCUT2D eigenvalue weighted by molar-refractivity contribution is 0.329. The summed E-state index contributed by atoms with van der Waals surface area (Å²) < 4.78 is 13.9. The minimum absolute atomic E-state index is 0.144. The molecule has 1 atom stereocenters. The van der Waals surface area contributed by atoms with Crippen molar-refractivity contribution < 1.29 is 4.39 Å². The number of hydrogen-bond acceptors (Lipinski definition) is 2. The number of benzene rings is 1. The molecule has 1 rings (SSSR count). The Balaban J connectivity index is 3.12. The summed E-state index contributed by atoms with van der Waals surface area (Å²) in [6.07, 6.45) is 0. The zero-order chi connectivity index (χ0) is 13.9. The van der Waals surface area contributed by atoms with E-state index in [2.05, 4.69) is 37.9 Å². The van der Waals surface area contributed by atoms with Crippen LogP contribution in [0.5, 0.6) is 0 Å². The Morgan fingerprint density at radius 2 is 1.94 bits per heavy atom. The maximum absolute atomic E-state index is 13.9. The van der Waals surface area contributed by atoms with Crippen LogP contribution in [-0.4, -0.2) is 20.1 Å². The largest absolute Gasteiger partial charge is 0.371 e. The molecule has 0 spiro atoms. The maximum Gasteiger partial charge on any atom is 0.129 e. The first-order valence-electron chi connectivity index (χ1n) is 6.44. The molecule has 1 N–H and O–H groups in total. The molecule has 3 heteroatoms. The summed E-state index contributed by atoms with van der Waals surface area (Å²) in [5.41, 5.74) is 1.85. The van der Waals surface area contributed by atoms with E-state index in [9.17, 15) is 4.39 Å². The van der Waals surface area contributed by atoms with Crippen LogP contribution in [0.2, 0.25) is 0 Å². The zero-order valence-electron chi connectivity index (χ0n) is 12.3. The van der Waals surface area contributed by atoms with E-state index < -0.39 is 0 Å². The lowest BCUT2D eigenvalue weighted by atomic mass is 9.86. The molecule has 0 saturated carbocycles. The summed E-state index contributed by atoms with van der Waals surface area (Å²) >= 11 is 0. The minimum atomic E-state index is -0.144. The van der Waals surface area contributed by atoms with E-state index in [1.165, 1.54) is 6.07 Å². The average molecular weight is 252 g/mol. The lowest BCUT2D eigenvalue weighted by Gasteiger charge is -2.38. The fourth-order valence-corrected chi connectivity index (χ4v) is 2.02. The summed E-state index contributed by atoms with van der Waals surface area (Å²) in [5.74, 6) is -0.144. The molecule has 1 aromatic carbocycles. The average Bonchev–Trinajstić information content (AvgIpc) is 2.29. The molecule has 2 nitrogen and oxygen atoms in total. The Hall–Kier alpha value is -1.09. The van der Waals surface area contributed by atoms with Gasteiger partial charge in [-0.05, 0) is 31.5 Å². The number of rotatable bonds is 4. The topological polar surface area (TPSA) is 15.3 Å². The Bertz CT molecular complexity index is 396. The summed E-state index contributed by atoms with van der Waals surface area (Å²) in [7, 11) is 3.87. The highest BCUT2D eigenvalue weighted by Gasteiger charge is 2.25. The molecule has 0 radical (unpaired) electrons. The first kappa shape index (κ1) is 15.0. The van der Waals surface area contributed by atoms with Crippen molar-refractivity contribution in [3.63, 3.8) is 0 Å². The Morgan fingerprint density at radius 1 is 1.33 bits per heavy atom. The van der Waals surface area contributed by atoms with Crippen molar-refractivity contribution in [2.24, 2.45) is 5.41 Å². The van der Waals surface area contributed by atoms with Gasteiger partial charge < -0.3 is 10.2 Å². The van der Waals surface area contributed by atoms with Crippen molar-refractivity contribution in [2.45, 2.75) is 40.3 Å². The van der Waals surface area contributed by atoms with E-state index in [1.807, 2.05) is 20.2 Å². The van der Waals surface area contributed by atoms with Crippen LogP contribution >= 0.6 is 0 Å². The van der Waals surface area contributed by atoms with Crippen LogP contribution in [0.4, 0.5) is 10.1 Å². The van der Waals surface area contributed by atoms with Crippen LogP contribution in [0.3, 0.4) is 0 Å². The molecule has 0 aliphatic rings. The first-order chi connectivity index (χ1) is 8.29. The molecule has 102 valence electrons. The molecule has 0 aliphatic carbocycles. The fourth-order valence-electron chi connectivity index (χ4n) is 2.02. The number of halogens is 1. The number of nitrogens with one attached hydrogen (secondary N) is 1. The zero-order valence-corrected chi connectivity index (χ0v) is 12.3. The number of anilines is 1. The van der Waals surface area contributed by atoms with Crippen LogP contribution in [0, 0.1) is 11.2 Å². The standard InChI is InChI=1S/C15H25FN2/c1-11(15(2,3)4)18(6)14-9-7-8-13(16)12(14)10-17-5/h7-9,11,17H,10H2,1-6H3. The van der Waals surface area contributed by atoms with E-state index in [0.29, 0.717) is 12.6 Å². The number of nitrogens with zero attached hydrogens (tertiary/aromatic N) is 1. The highest BCUT2D eigenvalue weighted by atomic mass is 19.1. The SMILES string of the molecule is CNCc1c(F)cccc1N(C)C(C)C(C)(C)C. The van der Waals surface area contributed by atoms with E-state index in [0.717, 1.165) is 11.3 Å². The Kier molecular flexibility index (Phi) is 4.74. The van der Waals surface area contributed by atoms with Crippen LogP contribution in [-0.2, 0) is 6.54 Å². The fraction of sp³-hybridized carbons (Fsp3) is 0.600. The monoisotopic (exact) mass is 252 g/mol. The molecule has 1 unspecified atom stereocenters. The highest BCUT2D eigenvalue weighted by molar-refractivity contribution is 5.54. The van der Waals surface area contributed by atoms with Crippen molar-refractivity contribution in [1.29, 1.82) is 0 Å². The molecular weight excluding hydrogens is 227 g/mol. The van der Waals surface area contributed by atoms with Crippen LogP contribution in [0.25, 0.3) is 0 Å². The van der Waals surface area contributed by atoms with Gasteiger partial charge in [0.05, 0.1) is 0 Å². The summed E-state index contributed by atoms with van der Waals surface area (Å²) in [5, 5.41) is 3.03. The van der Waals surface area contributed by atoms with Crippen molar-refractivity contribution >= 4 is 5.69 Å². The van der Waals surface area contributed by atoms with Crippen LogP contribution in [0.15, 0.2) is 18.2 Å². The van der Waals surface area contributed by atoms with Gasteiger partial charge in [-0.1, -0.05) is 26.8 Å². The third kappa shape index (κ3) is 3.22. The lowest BCUT2D eigenvalue weighted by Crippen LogP contribution is -2.40. The molecule has 0 aliphatic heterocycles. The van der Waals surface area contributed by atoms with E-state index in [4.69, 9.17) is 0 Å². The first-order valence-corrected chi connectivity index (χ1v) is 6.44. The Labute approximate surface area is 110 Å². The van der Waals surface area contributed by atoms with Gasteiger partial charge in [-0.3, -0.25) is 0 Å². The molecule has 0 fully saturated rings. The van der Waals surface area contributed by atoms with Gasteiger partial charge in [0.1, 0.15) is 5.82 Å². The molecular formula is C15H25FN2. The van der Waals surface area contributed by atoms with Gasteiger partial charge in [0.25, 0.3) is 0 Å². The third-order valence-electron chi connectivity index (χ3n) is 3.66. The van der Waals surface area contributed by atoms with Crippen LogP contribution in [0.1, 0.15) is 33.3 Å². The van der Waals surface area contributed by atoms with Crippen molar-refractivity contribution in [1.82, 2.24) is 5.32 Å². The maximum atomic E-state index is 13.9. The minimum Gasteiger partial charge on any atom is -0.371 e. The van der Waals surface area contributed by atoms with Crippen molar-refractivity contribution in [2.75, 3.05) is 19.0 Å². The summed E-state index contributed by atoms with van der Waals surface area (Å²) in [6, 6.07) is 5.61. The normalized spacial score (nSPS) is 13.5. The van der Waals surface area contributed by atoms with Crippen molar-refractivity contribution in [3.05, 3.63) is 29.6 Å². The summed E-state index contributed by atoms with van der Waals surface area (Å²) in [6.45, 7) is 9.32. The van der Waals surface area contributed by atoms with E-state index in [1.54, 1.807) is 6.07 Å². The molecule has 0 amide bonds. The molecule has 18 heavy (non-hydrogen) atoms. The molecule has 0 bridgehead atoms. The molecule has 1 aromatic rings. The molecule has 0 aromatic heterocycles. The second kappa shape index (κ2) is 5.70. The smallest absolute Gasteiger partial charge is 0.129 e. The summed E-state index contributed by atoms with van der Waals surface area (Å²) in [4.78, 5) is 2.16. The van der Waals surface area contributed by atoms with E-state index >= 15 is 0 Å². The third-order valence-corrected chi connectivity index (χ3v) is 3.66. The van der Waals surface area contributed by atoms with Gasteiger partial charge in [0, 0.05) is 30.9 Å². The van der Waals surface area contributed by atoms with Crippen molar-refractivity contribution in [3.8, 4) is 0 Å². The highest BCUT2D eigenvalue weighted by Crippen LogP contribution is 2.30. The Morgan fingerprint density at radius 3 is 2.44 bits per heavy atom. The predicted octanol–water partition coefficient (Wildman–Crippen LogP) is 3.42. The van der Waals surface area contributed by atoms with Gasteiger partial charge in [-0.15, -0.1) is 0 Å². The van der Waals surface area contributed by atoms with Gasteiger partial charge in [-0.25, -0.2) is 4.39 Å². The second-order valence-electron chi connectivity index (χ2n) is 5.92. The second-order valence-corrected chi connectivity index (χ2v) is 5.92. The predicted molar refractivity (Wildman–Crippen MR) is 76.5 cm³/mol. The van der Waals surface area contributed by atoms with Gasteiger partial charge in [0.15, 0.2) is 0 Å². The van der Waals surface area contributed by atoms with Gasteiger partial charge >= 0.3 is 0 Å².